The predicted octanol–water partition coefficient (Wildman–Crippen LogP) is 0.294. The molecule has 0 saturated heterocycles. The highest BCUT2D eigenvalue weighted by Crippen LogP contribution is 1.98. The monoisotopic (exact) mass is 168 g/mol. The van der Waals surface area contributed by atoms with Crippen LogP contribution in [-0.2, 0) is 11.2 Å². The molecule has 2 N–H and O–H groups in total. The molecular weight excluding hydrogens is 156 g/mol. The molecule has 0 amide bonds. The van der Waals surface area contributed by atoms with Crippen LogP contribution in [0, 0.1) is 0 Å². The lowest BCUT2D eigenvalue weighted by molar-refractivity contribution is -0.118. The maximum absolute atomic E-state index is 11.1. The summed E-state index contributed by atoms with van der Waals surface area (Å²) in [5.41, 5.74) is 0.831. The second kappa shape index (κ2) is 4.66. The van der Waals surface area contributed by atoms with E-state index in [0.29, 0.717) is 19.3 Å². The van der Waals surface area contributed by atoms with Gasteiger partial charge in [-0.15, -0.1) is 0 Å². The van der Waals surface area contributed by atoms with Crippen molar-refractivity contribution in [1.82, 2.24) is 10.2 Å². The summed E-state index contributed by atoms with van der Waals surface area (Å²) >= 11 is 0. The van der Waals surface area contributed by atoms with Crippen molar-refractivity contribution in [3.8, 4) is 0 Å². The second-order valence-corrected chi connectivity index (χ2v) is 2.62. The first kappa shape index (κ1) is 8.93. The summed E-state index contributed by atoms with van der Waals surface area (Å²) in [5.74, 6) is 0.133. The van der Waals surface area contributed by atoms with E-state index in [9.17, 15) is 4.79 Å². The molecule has 0 spiro atoms. The van der Waals surface area contributed by atoms with Crippen LogP contribution >= 0.6 is 0 Å². The van der Waals surface area contributed by atoms with Gasteiger partial charge < -0.3 is 5.11 Å². The van der Waals surface area contributed by atoms with E-state index < -0.39 is 0 Å². The molecular formula is C8H12N2O2. The van der Waals surface area contributed by atoms with E-state index in [1.807, 2.05) is 0 Å². The summed E-state index contributed by atoms with van der Waals surface area (Å²) in [6, 6.07) is 1.77. The van der Waals surface area contributed by atoms with Gasteiger partial charge in [-0.05, 0) is 12.5 Å². The fraction of sp³-hybridized carbons (Fsp3) is 0.500. The lowest BCUT2D eigenvalue weighted by atomic mass is 10.1. The number of hydrogen-bond acceptors (Lipinski definition) is 3. The lowest BCUT2D eigenvalue weighted by Gasteiger charge is -1.95. The Bertz CT molecular complexity index is 231. The molecule has 12 heavy (non-hydrogen) atoms. The molecule has 0 unspecified atom stereocenters. The van der Waals surface area contributed by atoms with E-state index in [2.05, 4.69) is 10.2 Å². The Morgan fingerprint density at radius 2 is 2.50 bits per heavy atom. The SMILES string of the molecule is O=C(CCCO)Cc1ccn[nH]1. The minimum absolute atomic E-state index is 0.0781. The molecule has 0 fully saturated rings. The van der Waals surface area contributed by atoms with Crippen LogP contribution in [0.5, 0.6) is 0 Å². The Kier molecular flexibility index (Phi) is 3.47. The molecule has 4 heteroatoms. The maximum Gasteiger partial charge on any atom is 0.138 e. The number of aromatic amines is 1. The van der Waals surface area contributed by atoms with Crippen LogP contribution in [0.3, 0.4) is 0 Å². The van der Waals surface area contributed by atoms with E-state index >= 15 is 0 Å². The van der Waals surface area contributed by atoms with Gasteiger partial charge in [0.15, 0.2) is 0 Å². The van der Waals surface area contributed by atoms with Gasteiger partial charge in [-0.3, -0.25) is 9.89 Å². The fourth-order valence-corrected chi connectivity index (χ4v) is 0.960. The van der Waals surface area contributed by atoms with Crippen molar-refractivity contribution < 1.29 is 9.90 Å². The first-order valence-electron chi connectivity index (χ1n) is 3.93. The predicted molar refractivity (Wildman–Crippen MR) is 43.6 cm³/mol. The Morgan fingerprint density at radius 3 is 3.08 bits per heavy atom. The smallest absolute Gasteiger partial charge is 0.138 e. The number of aliphatic hydroxyl groups excluding tert-OH is 1. The Hall–Kier alpha value is -1.16. The molecule has 66 valence electrons. The minimum Gasteiger partial charge on any atom is -0.396 e. The number of aromatic nitrogens is 2. The van der Waals surface area contributed by atoms with E-state index in [-0.39, 0.29) is 12.4 Å². The summed E-state index contributed by atoms with van der Waals surface area (Å²) in [7, 11) is 0. The van der Waals surface area contributed by atoms with Crippen molar-refractivity contribution in [1.29, 1.82) is 0 Å². The van der Waals surface area contributed by atoms with E-state index in [1.54, 1.807) is 12.3 Å². The number of rotatable bonds is 5. The first-order valence-corrected chi connectivity index (χ1v) is 3.93. The van der Waals surface area contributed by atoms with Crippen molar-refractivity contribution in [2.24, 2.45) is 0 Å². The molecule has 0 saturated carbocycles. The van der Waals surface area contributed by atoms with Gasteiger partial charge in [-0.1, -0.05) is 0 Å². The maximum atomic E-state index is 11.1. The third-order valence-electron chi connectivity index (χ3n) is 1.56. The highest BCUT2D eigenvalue weighted by molar-refractivity contribution is 5.80. The fourth-order valence-electron chi connectivity index (χ4n) is 0.960. The number of nitrogens with zero attached hydrogens (tertiary/aromatic N) is 1. The minimum atomic E-state index is 0.0781. The highest BCUT2D eigenvalue weighted by Gasteiger charge is 2.03. The van der Waals surface area contributed by atoms with Crippen molar-refractivity contribution in [2.75, 3.05) is 6.61 Å². The average Bonchev–Trinajstić information content (AvgIpc) is 2.53. The normalized spacial score (nSPS) is 10.1. The van der Waals surface area contributed by atoms with Crippen LogP contribution in [-0.4, -0.2) is 27.7 Å². The summed E-state index contributed by atoms with van der Waals surface area (Å²) < 4.78 is 0. The third kappa shape index (κ3) is 2.84. The number of hydrogen-bond donors (Lipinski definition) is 2. The van der Waals surface area contributed by atoms with Gasteiger partial charge in [0.25, 0.3) is 0 Å². The Morgan fingerprint density at radius 1 is 1.67 bits per heavy atom. The van der Waals surface area contributed by atoms with Crippen LogP contribution in [0.25, 0.3) is 0 Å². The molecule has 0 aliphatic carbocycles. The number of ketones is 1. The van der Waals surface area contributed by atoms with Gasteiger partial charge in [0.2, 0.25) is 0 Å². The molecule has 1 aromatic heterocycles. The van der Waals surface area contributed by atoms with Gasteiger partial charge >= 0.3 is 0 Å². The van der Waals surface area contributed by atoms with E-state index in [4.69, 9.17) is 5.11 Å². The van der Waals surface area contributed by atoms with Gasteiger partial charge in [-0.25, -0.2) is 0 Å². The number of carbonyl (C=O) groups is 1. The number of nitrogens with one attached hydrogen (secondary N) is 1. The molecule has 0 radical (unpaired) electrons. The quantitative estimate of drug-likeness (QED) is 0.664. The summed E-state index contributed by atoms with van der Waals surface area (Å²) in [6.45, 7) is 0.0781. The third-order valence-corrected chi connectivity index (χ3v) is 1.56. The zero-order valence-electron chi connectivity index (χ0n) is 6.79. The lowest BCUT2D eigenvalue weighted by Crippen LogP contribution is -2.03. The van der Waals surface area contributed by atoms with E-state index in [0.717, 1.165) is 5.69 Å². The number of aliphatic hydroxyl groups is 1. The molecule has 1 aromatic rings. The molecule has 4 nitrogen and oxygen atoms in total. The van der Waals surface area contributed by atoms with Crippen molar-refractivity contribution in [3.63, 3.8) is 0 Å². The van der Waals surface area contributed by atoms with Crippen LogP contribution in [0.15, 0.2) is 12.3 Å². The average molecular weight is 168 g/mol. The molecule has 0 atom stereocenters. The van der Waals surface area contributed by atoms with Gasteiger partial charge in [-0.2, -0.15) is 5.10 Å². The van der Waals surface area contributed by atoms with Gasteiger partial charge in [0.05, 0.1) is 0 Å². The summed E-state index contributed by atoms with van der Waals surface area (Å²) in [6.07, 6.45) is 3.00. The van der Waals surface area contributed by atoms with Gasteiger partial charge in [0, 0.05) is 31.3 Å². The van der Waals surface area contributed by atoms with Crippen LogP contribution in [0.2, 0.25) is 0 Å². The van der Waals surface area contributed by atoms with E-state index in [1.165, 1.54) is 0 Å². The Balaban J connectivity index is 2.27. The first-order chi connectivity index (χ1) is 5.83. The summed E-state index contributed by atoms with van der Waals surface area (Å²) in [5, 5.41) is 14.9. The van der Waals surface area contributed by atoms with Crippen LogP contribution in [0.4, 0.5) is 0 Å². The molecule has 0 aliphatic heterocycles. The second-order valence-electron chi connectivity index (χ2n) is 2.62. The largest absolute Gasteiger partial charge is 0.396 e. The van der Waals surface area contributed by atoms with Gasteiger partial charge in [0.1, 0.15) is 5.78 Å². The van der Waals surface area contributed by atoms with Crippen molar-refractivity contribution in [2.45, 2.75) is 19.3 Å². The van der Waals surface area contributed by atoms with Crippen molar-refractivity contribution in [3.05, 3.63) is 18.0 Å². The zero-order valence-corrected chi connectivity index (χ0v) is 6.79. The van der Waals surface area contributed by atoms with Crippen LogP contribution < -0.4 is 0 Å². The standard InChI is InChI=1S/C8H12N2O2/c11-5-1-2-8(12)6-7-3-4-9-10-7/h3-4,11H,1-2,5-6H2,(H,9,10). The summed E-state index contributed by atoms with van der Waals surface area (Å²) in [4.78, 5) is 11.1. The molecule has 0 bridgehead atoms. The molecule has 0 aliphatic rings. The topological polar surface area (TPSA) is 66.0 Å². The molecule has 1 heterocycles. The molecule has 0 aromatic carbocycles. The van der Waals surface area contributed by atoms with Crippen molar-refractivity contribution >= 4 is 5.78 Å². The highest BCUT2D eigenvalue weighted by atomic mass is 16.3. The molecule has 1 rings (SSSR count). The number of Topliss-reactive ketones (excluding diaryl/α,β-unsaturated/α-hetero) is 1. The number of carbonyl (C=O) groups excluding carboxylic acids is 1. The zero-order chi connectivity index (χ0) is 8.81. The van der Waals surface area contributed by atoms with Crippen LogP contribution in [0.1, 0.15) is 18.5 Å². The number of H-pyrrole nitrogens is 1. The Labute approximate surface area is 70.6 Å².